The lowest BCUT2D eigenvalue weighted by Crippen LogP contribution is -1.97. The second-order valence-electron chi connectivity index (χ2n) is 11.3. The van der Waals surface area contributed by atoms with Crippen LogP contribution in [-0.2, 0) is 0 Å². The van der Waals surface area contributed by atoms with Gasteiger partial charge in [0, 0.05) is 16.3 Å². The molecule has 1 heterocycles. The summed E-state index contributed by atoms with van der Waals surface area (Å²) in [7, 11) is 0. The predicted molar refractivity (Wildman–Crippen MR) is 187 cm³/mol. The van der Waals surface area contributed by atoms with Crippen molar-refractivity contribution >= 4 is 21.8 Å². The van der Waals surface area contributed by atoms with Gasteiger partial charge >= 0.3 is 0 Å². The van der Waals surface area contributed by atoms with Crippen LogP contribution in [0.1, 0.15) is 5.56 Å². The maximum atomic E-state index is 10.0. The summed E-state index contributed by atoms with van der Waals surface area (Å²) in [6.07, 6.45) is 0. The Morgan fingerprint density at radius 2 is 0.844 bits per heavy atom. The largest absolute Gasteiger partial charge is 0.309 e. The summed E-state index contributed by atoms with van der Waals surface area (Å²) < 4.78 is 2.38. The van der Waals surface area contributed by atoms with Crippen molar-refractivity contribution in [2.75, 3.05) is 0 Å². The van der Waals surface area contributed by atoms with Crippen molar-refractivity contribution in [1.82, 2.24) is 4.57 Å². The van der Waals surface area contributed by atoms with E-state index < -0.39 is 0 Å². The van der Waals surface area contributed by atoms with Crippen LogP contribution in [0, 0.1) is 11.3 Å². The Kier molecular flexibility index (Phi) is 6.56. The van der Waals surface area contributed by atoms with E-state index in [2.05, 4.69) is 150 Å². The summed E-state index contributed by atoms with van der Waals surface area (Å²) in [5.74, 6) is 0. The Morgan fingerprint density at radius 1 is 0.378 bits per heavy atom. The Morgan fingerprint density at radius 3 is 1.38 bits per heavy atom. The number of fused-ring (bicyclic) bond motifs is 3. The van der Waals surface area contributed by atoms with Gasteiger partial charge in [0.1, 0.15) is 0 Å². The molecule has 45 heavy (non-hydrogen) atoms. The van der Waals surface area contributed by atoms with Crippen LogP contribution >= 0.6 is 0 Å². The summed E-state index contributed by atoms with van der Waals surface area (Å²) in [5.41, 5.74) is 13.0. The maximum Gasteiger partial charge on any atom is 0.0992 e. The summed E-state index contributed by atoms with van der Waals surface area (Å²) in [6, 6.07) is 62.1. The quantitative estimate of drug-likeness (QED) is 0.202. The minimum absolute atomic E-state index is 0.642. The molecule has 8 rings (SSSR count). The molecule has 0 aliphatic rings. The van der Waals surface area contributed by atoms with E-state index in [1.165, 1.54) is 33.0 Å². The topological polar surface area (TPSA) is 28.7 Å². The number of aromatic nitrogens is 1. The molecule has 210 valence electrons. The van der Waals surface area contributed by atoms with Gasteiger partial charge in [-0.15, -0.1) is 0 Å². The Hall–Kier alpha value is -6.17. The normalized spacial score (nSPS) is 11.1. The van der Waals surface area contributed by atoms with E-state index in [0.717, 1.165) is 39.0 Å². The van der Waals surface area contributed by atoms with Crippen molar-refractivity contribution in [1.29, 1.82) is 5.26 Å². The van der Waals surface area contributed by atoms with Gasteiger partial charge in [-0.2, -0.15) is 5.26 Å². The van der Waals surface area contributed by atoms with Gasteiger partial charge in [0.05, 0.1) is 28.4 Å². The molecule has 2 heteroatoms. The third-order valence-corrected chi connectivity index (χ3v) is 8.60. The van der Waals surface area contributed by atoms with Gasteiger partial charge in [-0.1, -0.05) is 121 Å². The Bertz CT molecular complexity index is 2260. The van der Waals surface area contributed by atoms with Crippen molar-refractivity contribution in [3.63, 3.8) is 0 Å². The average molecular weight is 573 g/mol. The number of hydrogen-bond acceptors (Lipinski definition) is 1. The first kappa shape index (κ1) is 26.5. The molecule has 8 aromatic rings. The number of nitriles is 1. The van der Waals surface area contributed by atoms with Gasteiger partial charge in [-0.05, 0) is 87.5 Å². The lowest BCUT2D eigenvalue weighted by molar-refractivity contribution is 1.18. The molecule has 0 N–H and O–H groups in total. The van der Waals surface area contributed by atoms with Gasteiger partial charge in [0.15, 0.2) is 0 Å². The minimum Gasteiger partial charge on any atom is -0.309 e. The Balaban J connectivity index is 1.39. The zero-order valence-corrected chi connectivity index (χ0v) is 24.6. The van der Waals surface area contributed by atoms with Gasteiger partial charge in [0.25, 0.3) is 0 Å². The fourth-order valence-electron chi connectivity index (χ4n) is 6.46. The molecule has 0 aliphatic carbocycles. The standard InChI is InChI=1S/C43H28N2/c44-29-30-24-36(33-16-8-3-9-17-33)26-37(25-30)38-18-10-11-19-41(38)45-42-22-20-34(31-12-4-1-5-13-31)27-39(42)40-28-35(21-23-43(40)45)32-14-6-2-7-15-32/h1-28H. The van der Waals surface area contributed by atoms with E-state index in [1.54, 1.807) is 0 Å². The highest BCUT2D eigenvalue weighted by molar-refractivity contribution is 6.12. The summed E-state index contributed by atoms with van der Waals surface area (Å²) in [4.78, 5) is 0. The lowest BCUT2D eigenvalue weighted by atomic mass is 9.95. The maximum absolute atomic E-state index is 10.0. The molecule has 1 aromatic heterocycles. The molecule has 0 fully saturated rings. The van der Waals surface area contributed by atoms with Crippen molar-refractivity contribution in [2.45, 2.75) is 0 Å². The van der Waals surface area contributed by atoms with E-state index in [9.17, 15) is 5.26 Å². The average Bonchev–Trinajstić information content (AvgIpc) is 3.45. The molecule has 0 radical (unpaired) electrons. The van der Waals surface area contributed by atoms with E-state index in [4.69, 9.17) is 0 Å². The molecule has 0 spiro atoms. The van der Waals surface area contributed by atoms with Gasteiger partial charge in [-0.3, -0.25) is 0 Å². The van der Waals surface area contributed by atoms with Crippen molar-refractivity contribution in [2.24, 2.45) is 0 Å². The number of nitrogens with zero attached hydrogens (tertiary/aromatic N) is 2. The SMILES string of the molecule is N#Cc1cc(-c2ccccc2)cc(-c2ccccc2-n2c3ccc(-c4ccccc4)cc3c3cc(-c4ccccc4)ccc32)c1. The minimum atomic E-state index is 0.642. The highest BCUT2D eigenvalue weighted by Crippen LogP contribution is 2.40. The van der Waals surface area contributed by atoms with Crippen LogP contribution in [0.25, 0.3) is 72.0 Å². The second-order valence-corrected chi connectivity index (χ2v) is 11.3. The number of rotatable bonds is 5. The third-order valence-electron chi connectivity index (χ3n) is 8.60. The Labute approximate surface area is 262 Å². The molecule has 2 nitrogen and oxygen atoms in total. The lowest BCUT2D eigenvalue weighted by Gasteiger charge is -2.15. The van der Waals surface area contributed by atoms with E-state index in [0.29, 0.717) is 5.56 Å². The zero-order chi connectivity index (χ0) is 30.2. The second kappa shape index (κ2) is 11.2. The molecular weight excluding hydrogens is 544 g/mol. The monoisotopic (exact) mass is 572 g/mol. The van der Waals surface area contributed by atoms with Crippen molar-refractivity contribution in [3.8, 4) is 56.3 Å². The predicted octanol–water partition coefficient (Wildman–Crippen LogP) is 11.3. The molecule has 0 aliphatic heterocycles. The third kappa shape index (κ3) is 4.78. The highest BCUT2D eigenvalue weighted by Gasteiger charge is 2.18. The summed E-state index contributed by atoms with van der Waals surface area (Å²) >= 11 is 0. The van der Waals surface area contributed by atoms with Crippen molar-refractivity contribution < 1.29 is 0 Å². The molecule has 0 bridgehead atoms. The van der Waals surface area contributed by atoms with Crippen LogP contribution < -0.4 is 0 Å². The van der Waals surface area contributed by atoms with E-state index in [-0.39, 0.29) is 0 Å². The molecule has 0 saturated carbocycles. The summed E-state index contributed by atoms with van der Waals surface area (Å²) in [5, 5.41) is 12.4. The number of benzene rings is 7. The van der Waals surface area contributed by atoms with Crippen LogP contribution in [-0.4, -0.2) is 4.57 Å². The zero-order valence-electron chi connectivity index (χ0n) is 24.6. The molecule has 0 unspecified atom stereocenters. The van der Waals surface area contributed by atoms with Gasteiger partial charge < -0.3 is 4.57 Å². The first-order valence-electron chi connectivity index (χ1n) is 15.2. The fraction of sp³-hybridized carbons (Fsp3) is 0. The van der Waals surface area contributed by atoms with Crippen LogP contribution in [0.4, 0.5) is 0 Å². The first-order valence-corrected chi connectivity index (χ1v) is 15.2. The van der Waals surface area contributed by atoms with Crippen LogP contribution in [0.3, 0.4) is 0 Å². The van der Waals surface area contributed by atoms with E-state index in [1.807, 2.05) is 30.3 Å². The van der Waals surface area contributed by atoms with Crippen LogP contribution in [0.5, 0.6) is 0 Å². The van der Waals surface area contributed by atoms with E-state index >= 15 is 0 Å². The number of para-hydroxylation sites is 1. The van der Waals surface area contributed by atoms with Crippen molar-refractivity contribution in [3.05, 3.63) is 175 Å². The van der Waals surface area contributed by atoms with Gasteiger partial charge in [-0.25, -0.2) is 0 Å². The van der Waals surface area contributed by atoms with Crippen LogP contribution in [0.2, 0.25) is 0 Å². The van der Waals surface area contributed by atoms with Gasteiger partial charge in [0.2, 0.25) is 0 Å². The molecule has 0 saturated heterocycles. The molecule has 7 aromatic carbocycles. The number of hydrogen-bond donors (Lipinski definition) is 0. The molecule has 0 amide bonds. The first-order chi connectivity index (χ1) is 22.3. The summed E-state index contributed by atoms with van der Waals surface area (Å²) in [6.45, 7) is 0. The smallest absolute Gasteiger partial charge is 0.0992 e. The van der Waals surface area contributed by atoms with Crippen LogP contribution in [0.15, 0.2) is 170 Å². The highest BCUT2D eigenvalue weighted by atomic mass is 15.0. The molecule has 0 atom stereocenters. The fourth-order valence-corrected chi connectivity index (χ4v) is 6.46. The molecular formula is C43H28N2.